The van der Waals surface area contributed by atoms with Gasteiger partial charge in [0.1, 0.15) is 5.82 Å². The number of piperidine rings is 1. The van der Waals surface area contributed by atoms with E-state index in [9.17, 15) is 9.59 Å². The maximum Gasteiger partial charge on any atom is 0.257 e. The minimum absolute atomic E-state index is 0.0445. The molecule has 1 saturated heterocycles. The van der Waals surface area contributed by atoms with Crippen molar-refractivity contribution in [2.45, 2.75) is 32.7 Å². The van der Waals surface area contributed by atoms with Gasteiger partial charge in [-0.15, -0.1) is 0 Å². The fourth-order valence-electron chi connectivity index (χ4n) is 5.94. The number of aromatic nitrogens is 3. The molecule has 2 N–H and O–H groups in total. The van der Waals surface area contributed by atoms with Crippen LogP contribution < -0.4 is 24.4 Å². The first-order valence-corrected chi connectivity index (χ1v) is 14.6. The first-order chi connectivity index (χ1) is 20.4. The average Bonchev–Trinajstić information content (AvgIpc) is 3.56. The van der Waals surface area contributed by atoms with Crippen LogP contribution in [0.1, 0.15) is 42.1 Å². The molecule has 2 amide bonds. The van der Waals surface area contributed by atoms with Crippen LogP contribution in [0.4, 0.5) is 5.82 Å². The highest BCUT2D eigenvalue weighted by atomic mass is 16.5. The summed E-state index contributed by atoms with van der Waals surface area (Å²) in [4.78, 5) is 37.7. The van der Waals surface area contributed by atoms with Gasteiger partial charge in [-0.25, -0.2) is 4.98 Å². The molecule has 2 aliphatic rings. The van der Waals surface area contributed by atoms with E-state index in [1.165, 1.54) is 6.20 Å². The number of H-pyrrole nitrogens is 1. The Morgan fingerprint density at radius 2 is 1.90 bits per heavy atom. The molecule has 2 bridgehead atoms. The number of pyridine rings is 1. The third kappa shape index (κ3) is 6.23. The van der Waals surface area contributed by atoms with E-state index in [4.69, 9.17) is 19.2 Å². The Morgan fingerprint density at radius 1 is 1.07 bits per heavy atom. The third-order valence-electron chi connectivity index (χ3n) is 8.25. The standard InChI is InChI=1S/C30H41N7O5/c1-5-35-11-12-36(30(39)22-16-32-33-17-22)10-8-26(38)31-15-20-7-6-9-37(18-20)29-21(19-35)13-23-24(34-29)14-25(40-2)28(42-4)27(23)41-3/h13-14,16-17,20H,5-12,15,18-19H2,1-4H3,(H,31,38)(H,32,33). The second kappa shape index (κ2) is 13.3. The summed E-state index contributed by atoms with van der Waals surface area (Å²) in [5, 5.41) is 10.6. The molecule has 1 aromatic carbocycles. The number of nitrogens with zero attached hydrogens (tertiary/aromatic N) is 5. The van der Waals surface area contributed by atoms with Crippen molar-refractivity contribution in [2.75, 3.05) is 72.0 Å². The number of fused-ring (bicyclic) bond motifs is 5. The van der Waals surface area contributed by atoms with Crippen LogP contribution in [-0.2, 0) is 11.3 Å². The van der Waals surface area contributed by atoms with Crippen LogP contribution in [0.15, 0.2) is 24.5 Å². The van der Waals surface area contributed by atoms with Gasteiger partial charge in [0.15, 0.2) is 11.5 Å². The minimum Gasteiger partial charge on any atom is -0.493 e. The molecule has 0 radical (unpaired) electrons. The molecule has 0 saturated carbocycles. The number of likely N-dealkylation sites (N-methyl/N-ethyl adjacent to an activating group) is 1. The molecule has 12 nitrogen and oxygen atoms in total. The minimum atomic E-state index is -0.141. The molecule has 2 aliphatic heterocycles. The molecule has 1 unspecified atom stereocenters. The van der Waals surface area contributed by atoms with E-state index < -0.39 is 0 Å². The van der Waals surface area contributed by atoms with Gasteiger partial charge < -0.3 is 29.3 Å². The van der Waals surface area contributed by atoms with Crippen molar-refractivity contribution in [1.82, 2.24) is 30.3 Å². The smallest absolute Gasteiger partial charge is 0.257 e. The van der Waals surface area contributed by atoms with Gasteiger partial charge in [-0.05, 0) is 31.4 Å². The lowest BCUT2D eigenvalue weighted by atomic mass is 9.97. The Balaban J connectivity index is 1.56. The van der Waals surface area contributed by atoms with E-state index in [0.29, 0.717) is 61.5 Å². The lowest BCUT2D eigenvalue weighted by Crippen LogP contribution is -2.42. The Morgan fingerprint density at radius 3 is 2.62 bits per heavy atom. The predicted molar refractivity (Wildman–Crippen MR) is 159 cm³/mol. The SMILES string of the molecule is CCN1CCN(C(=O)c2cn[nH]c2)CCC(=O)NCC2CCCN(C2)c2nc3cc(OC)c(OC)c(OC)c3cc2C1. The van der Waals surface area contributed by atoms with Crippen molar-refractivity contribution in [3.8, 4) is 17.2 Å². The summed E-state index contributed by atoms with van der Waals surface area (Å²) in [6, 6.07) is 4.05. The Hall–Kier alpha value is -4.06. The molecule has 12 heteroatoms. The van der Waals surface area contributed by atoms with Crippen molar-refractivity contribution < 1.29 is 23.8 Å². The number of carbonyl (C=O) groups is 2. The second-order valence-corrected chi connectivity index (χ2v) is 10.8. The zero-order valence-electron chi connectivity index (χ0n) is 24.9. The number of benzene rings is 1. The maximum absolute atomic E-state index is 13.3. The molecule has 1 atom stereocenters. The number of methoxy groups -OCH3 is 3. The van der Waals surface area contributed by atoms with Crippen molar-refractivity contribution in [1.29, 1.82) is 0 Å². The van der Waals surface area contributed by atoms with E-state index in [0.717, 1.165) is 54.8 Å². The molecule has 1 fully saturated rings. The van der Waals surface area contributed by atoms with Gasteiger partial charge in [-0.3, -0.25) is 19.6 Å². The number of rotatable bonds is 5. The van der Waals surface area contributed by atoms with E-state index in [2.05, 4.69) is 38.3 Å². The molecule has 0 spiro atoms. The molecule has 2 aromatic heterocycles. The molecule has 4 heterocycles. The molecule has 226 valence electrons. The van der Waals surface area contributed by atoms with Crippen LogP contribution in [0.5, 0.6) is 17.2 Å². The van der Waals surface area contributed by atoms with Crippen LogP contribution in [0, 0.1) is 5.92 Å². The Bertz CT molecular complexity index is 1400. The number of hydrogen-bond donors (Lipinski definition) is 2. The Labute approximate surface area is 246 Å². The molecule has 42 heavy (non-hydrogen) atoms. The molecule has 0 aliphatic carbocycles. The largest absolute Gasteiger partial charge is 0.493 e. The first kappa shape index (κ1) is 29.4. The molecule has 3 aromatic rings. The van der Waals surface area contributed by atoms with Gasteiger partial charge >= 0.3 is 0 Å². The van der Waals surface area contributed by atoms with E-state index in [1.54, 1.807) is 32.4 Å². The summed E-state index contributed by atoms with van der Waals surface area (Å²) < 4.78 is 17.1. The number of anilines is 1. The van der Waals surface area contributed by atoms with Crippen molar-refractivity contribution in [3.05, 3.63) is 35.7 Å². The highest BCUT2D eigenvalue weighted by Gasteiger charge is 2.27. The van der Waals surface area contributed by atoms with Crippen molar-refractivity contribution in [2.24, 2.45) is 5.92 Å². The number of amides is 2. The lowest BCUT2D eigenvalue weighted by Gasteiger charge is -2.35. The van der Waals surface area contributed by atoms with E-state index in [1.807, 2.05) is 6.07 Å². The second-order valence-electron chi connectivity index (χ2n) is 10.8. The van der Waals surface area contributed by atoms with Crippen molar-refractivity contribution in [3.63, 3.8) is 0 Å². The van der Waals surface area contributed by atoms with Gasteiger partial charge in [0, 0.05) is 75.4 Å². The van der Waals surface area contributed by atoms with Gasteiger partial charge in [0.2, 0.25) is 11.7 Å². The predicted octanol–water partition coefficient (Wildman–Crippen LogP) is 2.68. The lowest BCUT2D eigenvalue weighted by molar-refractivity contribution is -0.121. The zero-order chi connectivity index (χ0) is 29.6. The number of carbonyl (C=O) groups excluding carboxylic acids is 2. The molecule has 5 rings (SSSR count). The zero-order valence-corrected chi connectivity index (χ0v) is 24.9. The summed E-state index contributed by atoms with van der Waals surface area (Å²) in [6.07, 6.45) is 5.41. The van der Waals surface area contributed by atoms with Crippen LogP contribution in [0.25, 0.3) is 10.9 Å². The normalized spacial score (nSPS) is 19.0. The average molecular weight is 580 g/mol. The quantitative estimate of drug-likeness (QED) is 0.469. The van der Waals surface area contributed by atoms with Crippen LogP contribution in [0.3, 0.4) is 0 Å². The topological polar surface area (TPSA) is 125 Å². The maximum atomic E-state index is 13.3. The van der Waals surface area contributed by atoms with Crippen LogP contribution >= 0.6 is 0 Å². The monoisotopic (exact) mass is 579 g/mol. The first-order valence-electron chi connectivity index (χ1n) is 14.6. The van der Waals surface area contributed by atoms with Crippen molar-refractivity contribution >= 4 is 28.5 Å². The number of hydrogen-bond acceptors (Lipinski definition) is 9. The van der Waals surface area contributed by atoms with Gasteiger partial charge in [0.05, 0.1) is 38.6 Å². The Kier molecular flexibility index (Phi) is 9.31. The van der Waals surface area contributed by atoms with Gasteiger partial charge in [0.25, 0.3) is 5.91 Å². The van der Waals surface area contributed by atoms with Gasteiger partial charge in [-0.2, -0.15) is 5.10 Å². The highest BCUT2D eigenvalue weighted by Crippen LogP contribution is 2.44. The number of ether oxygens (including phenoxy) is 3. The fraction of sp³-hybridized carbons (Fsp3) is 0.533. The summed E-state index contributed by atoms with van der Waals surface area (Å²) in [5.41, 5.74) is 2.31. The highest BCUT2D eigenvalue weighted by molar-refractivity contribution is 5.94. The third-order valence-corrected chi connectivity index (χ3v) is 8.25. The summed E-state index contributed by atoms with van der Waals surface area (Å²) in [5.74, 6) is 2.70. The van der Waals surface area contributed by atoms with E-state index >= 15 is 0 Å². The summed E-state index contributed by atoms with van der Waals surface area (Å²) in [7, 11) is 4.83. The number of nitrogens with one attached hydrogen (secondary N) is 2. The van der Waals surface area contributed by atoms with Crippen LogP contribution in [0.2, 0.25) is 0 Å². The molecular weight excluding hydrogens is 538 g/mol. The van der Waals surface area contributed by atoms with E-state index in [-0.39, 0.29) is 18.2 Å². The fourth-order valence-corrected chi connectivity index (χ4v) is 5.94. The summed E-state index contributed by atoms with van der Waals surface area (Å²) >= 11 is 0. The molecular formula is C30H41N7O5. The van der Waals surface area contributed by atoms with Gasteiger partial charge in [-0.1, -0.05) is 6.92 Å². The van der Waals surface area contributed by atoms with Crippen LogP contribution in [-0.4, -0.2) is 104 Å². The number of aromatic amines is 1. The summed E-state index contributed by atoms with van der Waals surface area (Å²) in [6.45, 7) is 7.25.